The van der Waals surface area contributed by atoms with Crippen molar-refractivity contribution in [1.82, 2.24) is 5.32 Å². The molecule has 82 valence electrons. The van der Waals surface area contributed by atoms with Crippen molar-refractivity contribution in [2.45, 2.75) is 44.2 Å². The van der Waals surface area contributed by atoms with Crippen LogP contribution < -0.4 is 5.32 Å². The Bertz CT molecular complexity index is 163. The molecule has 3 heteroatoms. The molecule has 14 heavy (non-hydrogen) atoms. The summed E-state index contributed by atoms with van der Waals surface area (Å²) in [6.07, 6.45) is 6.32. The minimum Gasteiger partial charge on any atom is -0.396 e. The van der Waals surface area contributed by atoms with Gasteiger partial charge in [-0.25, -0.2) is 0 Å². The van der Waals surface area contributed by atoms with E-state index in [1.165, 1.54) is 43.6 Å². The Morgan fingerprint density at radius 3 is 2.43 bits per heavy atom. The van der Waals surface area contributed by atoms with Crippen LogP contribution in [0.1, 0.15) is 32.1 Å². The summed E-state index contributed by atoms with van der Waals surface area (Å²) in [5, 5.41) is 12.8. The summed E-state index contributed by atoms with van der Waals surface area (Å²) in [5.41, 5.74) is 0. The first-order chi connectivity index (χ1) is 6.88. The van der Waals surface area contributed by atoms with Crippen LogP contribution in [-0.2, 0) is 0 Å². The number of hydrogen-bond acceptors (Lipinski definition) is 3. The summed E-state index contributed by atoms with van der Waals surface area (Å²) in [4.78, 5) is 0. The predicted octanol–water partition coefficient (Wildman–Crippen LogP) is 1.63. The lowest BCUT2D eigenvalue weighted by molar-refractivity contribution is 0.172. The van der Waals surface area contributed by atoms with Crippen molar-refractivity contribution < 1.29 is 5.11 Å². The molecular weight excluding hydrogens is 194 g/mol. The van der Waals surface area contributed by atoms with E-state index in [-0.39, 0.29) is 0 Å². The van der Waals surface area contributed by atoms with Crippen LogP contribution in [0.5, 0.6) is 0 Å². The average Bonchev–Trinajstić information content (AvgIpc) is 2.72. The lowest BCUT2D eigenvalue weighted by Gasteiger charge is -2.30. The fourth-order valence-electron chi connectivity index (χ4n) is 2.51. The zero-order valence-corrected chi connectivity index (χ0v) is 9.56. The SMILES string of the molecule is OCC1CCC(NC2CCSC2)CC1. The van der Waals surface area contributed by atoms with Crippen LogP contribution in [0.25, 0.3) is 0 Å². The van der Waals surface area contributed by atoms with Crippen molar-refractivity contribution in [3.63, 3.8) is 0 Å². The molecule has 0 aromatic heterocycles. The van der Waals surface area contributed by atoms with E-state index in [1.807, 2.05) is 0 Å². The van der Waals surface area contributed by atoms with Gasteiger partial charge >= 0.3 is 0 Å². The topological polar surface area (TPSA) is 32.3 Å². The summed E-state index contributed by atoms with van der Waals surface area (Å²) in [6.45, 7) is 0.395. The number of rotatable bonds is 3. The van der Waals surface area contributed by atoms with E-state index in [1.54, 1.807) is 0 Å². The van der Waals surface area contributed by atoms with Crippen LogP contribution in [0, 0.1) is 5.92 Å². The maximum atomic E-state index is 9.04. The van der Waals surface area contributed by atoms with Gasteiger partial charge < -0.3 is 10.4 Å². The summed E-state index contributed by atoms with van der Waals surface area (Å²) in [7, 11) is 0. The Kier molecular flexibility index (Phi) is 4.14. The predicted molar refractivity (Wildman–Crippen MR) is 61.7 cm³/mol. The lowest BCUT2D eigenvalue weighted by Crippen LogP contribution is -2.40. The van der Waals surface area contributed by atoms with Crippen LogP contribution in [0.4, 0.5) is 0 Å². The van der Waals surface area contributed by atoms with E-state index < -0.39 is 0 Å². The summed E-state index contributed by atoms with van der Waals surface area (Å²) in [5.74, 6) is 3.23. The van der Waals surface area contributed by atoms with Gasteiger partial charge in [0.15, 0.2) is 0 Å². The monoisotopic (exact) mass is 215 g/mol. The molecule has 1 heterocycles. The molecule has 2 fully saturated rings. The van der Waals surface area contributed by atoms with Crippen LogP contribution in [-0.4, -0.2) is 35.3 Å². The van der Waals surface area contributed by atoms with Gasteiger partial charge in [0.2, 0.25) is 0 Å². The third kappa shape index (κ3) is 2.88. The van der Waals surface area contributed by atoms with Crippen molar-refractivity contribution in [3.8, 4) is 0 Å². The molecule has 0 aromatic carbocycles. The van der Waals surface area contributed by atoms with E-state index >= 15 is 0 Å². The summed E-state index contributed by atoms with van der Waals surface area (Å²) >= 11 is 2.07. The Hall–Kier alpha value is 0.270. The highest BCUT2D eigenvalue weighted by atomic mass is 32.2. The molecule has 1 saturated heterocycles. The van der Waals surface area contributed by atoms with Gasteiger partial charge in [0.05, 0.1) is 0 Å². The van der Waals surface area contributed by atoms with Gasteiger partial charge in [-0.05, 0) is 43.8 Å². The molecule has 0 bridgehead atoms. The van der Waals surface area contributed by atoms with Crippen LogP contribution >= 0.6 is 11.8 Å². The third-order valence-electron chi connectivity index (χ3n) is 3.51. The molecule has 2 rings (SSSR count). The zero-order valence-electron chi connectivity index (χ0n) is 8.74. The van der Waals surface area contributed by atoms with Gasteiger partial charge in [-0.3, -0.25) is 0 Å². The molecule has 0 spiro atoms. The average molecular weight is 215 g/mol. The highest BCUT2D eigenvalue weighted by Crippen LogP contribution is 2.25. The van der Waals surface area contributed by atoms with Crippen molar-refractivity contribution in [2.75, 3.05) is 18.1 Å². The number of hydrogen-bond donors (Lipinski definition) is 2. The van der Waals surface area contributed by atoms with Gasteiger partial charge in [0, 0.05) is 24.4 Å². The van der Waals surface area contributed by atoms with E-state index in [0.29, 0.717) is 12.5 Å². The van der Waals surface area contributed by atoms with E-state index in [0.717, 1.165) is 12.1 Å². The second-order valence-corrected chi connectivity index (χ2v) is 5.78. The van der Waals surface area contributed by atoms with Gasteiger partial charge in [0.1, 0.15) is 0 Å². The first kappa shape index (κ1) is 10.8. The second-order valence-electron chi connectivity index (χ2n) is 4.63. The molecule has 1 aliphatic heterocycles. The van der Waals surface area contributed by atoms with Crippen molar-refractivity contribution >= 4 is 11.8 Å². The Morgan fingerprint density at radius 1 is 1.07 bits per heavy atom. The first-order valence-electron chi connectivity index (χ1n) is 5.83. The quantitative estimate of drug-likeness (QED) is 0.750. The zero-order chi connectivity index (χ0) is 9.80. The summed E-state index contributed by atoms with van der Waals surface area (Å²) < 4.78 is 0. The fourth-order valence-corrected chi connectivity index (χ4v) is 3.68. The standard InChI is InChI=1S/C11H21NOS/c13-7-9-1-3-10(4-2-9)12-11-5-6-14-8-11/h9-13H,1-8H2. The smallest absolute Gasteiger partial charge is 0.0459 e. The Balaban J connectivity index is 1.67. The number of thioether (sulfide) groups is 1. The van der Waals surface area contributed by atoms with Crippen LogP contribution in [0.3, 0.4) is 0 Å². The number of nitrogens with one attached hydrogen (secondary N) is 1. The molecule has 1 aliphatic carbocycles. The molecule has 1 saturated carbocycles. The Morgan fingerprint density at radius 2 is 1.86 bits per heavy atom. The molecule has 0 amide bonds. The lowest BCUT2D eigenvalue weighted by atomic mass is 9.86. The molecule has 0 radical (unpaired) electrons. The first-order valence-corrected chi connectivity index (χ1v) is 6.98. The highest BCUT2D eigenvalue weighted by molar-refractivity contribution is 7.99. The Labute approximate surface area is 90.8 Å². The van der Waals surface area contributed by atoms with E-state index in [4.69, 9.17) is 5.11 Å². The molecule has 0 aromatic rings. The largest absolute Gasteiger partial charge is 0.396 e. The normalized spacial score (nSPS) is 38.8. The summed E-state index contributed by atoms with van der Waals surface area (Å²) in [6, 6.07) is 1.51. The molecular formula is C11H21NOS. The van der Waals surface area contributed by atoms with Crippen molar-refractivity contribution in [2.24, 2.45) is 5.92 Å². The minimum absolute atomic E-state index is 0.395. The van der Waals surface area contributed by atoms with Gasteiger partial charge in [-0.2, -0.15) is 11.8 Å². The number of aliphatic hydroxyl groups is 1. The maximum absolute atomic E-state index is 9.04. The molecule has 1 unspecified atom stereocenters. The highest BCUT2D eigenvalue weighted by Gasteiger charge is 2.24. The van der Waals surface area contributed by atoms with Gasteiger partial charge in [-0.1, -0.05) is 0 Å². The third-order valence-corrected chi connectivity index (χ3v) is 4.67. The van der Waals surface area contributed by atoms with Crippen LogP contribution in [0.15, 0.2) is 0 Å². The molecule has 2 nitrogen and oxygen atoms in total. The van der Waals surface area contributed by atoms with Crippen LogP contribution in [0.2, 0.25) is 0 Å². The van der Waals surface area contributed by atoms with E-state index in [2.05, 4.69) is 17.1 Å². The molecule has 2 aliphatic rings. The number of aliphatic hydroxyl groups excluding tert-OH is 1. The van der Waals surface area contributed by atoms with Gasteiger partial charge in [0.25, 0.3) is 0 Å². The minimum atomic E-state index is 0.395. The van der Waals surface area contributed by atoms with Gasteiger partial charge in [-0.15, -0.1) is 0 Å². The van der Waals surface area contributed by atoms with Crippen molar-refractivity contribution in [1.29, 1.82) is 0 Å². The van der Waals surface area contributed by atoms with Crippen molar-refractivity contribution in [3.05, 3.63) is 0 Å². The molecule has 2 N–H and O–H groups in total. The van der Waals surface area contributed by atoms with E-state index in [9.17, 15) is 0 Å². The molecule has 1 atom stereocenters. The fraction of sp³-hybridized carbons (Fsp3) is 1.00. The second kappa shape index (κ2) is 5.38. The maximum Gasteiger partial charge on any atom is 0.0459 e.